The number of phenols is 1. The number of rotatable bonds is 1. The van der Waals surface area contributed by atoms with Gasteiger partial charge in [0.05, 0.1) is 11.2 Å². The second kappa shape index (κ2) is 3.81. The number of benzene rings is 1. The van der Waals surface area contributed by atoms with Gasteiger partial charge in [-0.15, -0.1) is 0 Å². The van der Waals surface area contributed by atoms with Crippen molar-refractivity contribution in [2.75, 3.05) is 0 Å². The average molecular weight is 210 g/mol. The summed E-state index contributed by atoms with van der Waals surface area (Å²) >= 11 is 0. The molecule has 0 saturated heterocycles. The first-order valence-electron chi connectivity index (χ1n) is 5.34. The van der Waals surface area contributed by atoms with Gasteiger partial charge in [-0.25, -0.2) is 4.39 Å². The highest BCUT2D eigenvalue weighted by molar-refractivity contribution is 5.38. The maximum atomic E-state index is 13.6. The highest BCUT2D eigenvalue weighted by Gasteiger charge is 2.35. The van der Waals surface area contributed by atoms with Crippen LogP contribution in [-0.4, -0.2) is 10.2 Å². The molecule has 2 N–H and O–H groups in total. The largest absolute Gasteiger partial charge is 0.507 e. The Morgan fingerprint density at radius 2 is 1.80 bits per heavy atom. The Morgan fingerprint density at radius 1 is 1.13 bits per heavy atom. The summed E-state index contributed by atoms with van der Waals surface area (Å²) in [5.41, 5.74) is -1.10. The van der Waals surface area contributed by atoms with Crippen LogP contribution in [0.2, 0.25) is 0 Å². The van der Waals surface area contributed by atoms with Crippen LogP contribution in [0.3, 0.4) is 0 Å². The fourth-order valence-corrected chi connectivity index (χ4v) is 2.36. The lowest BCUT2D eigenvalue weighted by Crippen LogP contribution is -2.29. The van der Waals surface area contributed by atoms with E-state index in [0.29, 0.717) is 12.8 Å². The van der Waals surface area contributed by atoms with Crippen molar-refractivity contribution in [2.24, 2.45) is 0 Å². The van der Waals surface area contributed by atoms with Crippen LogP contribution in [0.4, 0.5) is 4.39 Å². The van der Waals surface area contributed by atoms with Crippen LogP contribution in [0.25, 0.3) is 0 Å². The molecule has 0 radical (unpaired) electrons. The van der Waals surface area contributed by atoms with Gasteiger partial charge in [0.15, 0.2) is 0 Å². The summed E-state index contributed by atoms with van der Waals surface area (Å²) in [5, 5.41) is 19.9. The maximum absolute atomic E-state index is 13.6. The first kappa shape index (κ1) is 10.4. The van der Waals surface area contributed by atoms with Crippen molar-refractivity contribution in [3.63, 3.8) is 0 Å². The Kier molecular flexibility index (Phi) is 2.65. The lowest BCUT2D eigenvalue weighted by Gasteiger charge is -2.33. The summed E-state index contributed by atoms with van der Waals surface area (Å²) < 4.78 is 13.6. The Morgan fingerprint density at radius 3 is 2.40 bits per heavy atom. The fraction of sp³-hybridized carbons (Fsp3) is 0.500. The Bertz CT molecular complexity index is 336. The molecule has 0 atom stereocenters. The molecule has 1 aromatic carbocycles. The van der Waals surface area contributed by atoms with Crippen LogP contribution in [0.15, 0.2) is 18.2 Å². The normalized spacial score (nSPS) is 20.1. The Labute approximate surface area is 88.4 Å². The van der Waals surface area contributed by atoms with E-state index < -0.39 is 11.4 Å². The Balaban J connectivity index is 2.42. The van der Waals surface area contributed by atoms with Crippen LogP contribution < -0.4 is 0 Å². The monoisotopic (exact) mass is 210 g/mol. The zero-order valence-corrected chi connectivity index (χ0v) is 8.54. The van der Waals surface area contributed by atoms with Gasteiger partial charge in [0.25, 0.3) is 0 Å². The van der Waals surface area contributed by atoms with E-state index in [1.165, 1.54) is 18.2 Å². The van der Waals surface area contributed by atoms with Gasteiger partial charge in [-0.05, 0) is 25.0 Å². The summed E-state index contributed by atoms with van der Waals surface area (Å²) in [6.07, 6.45) is 3.88. The highest BCUT2D eigenvalue weighted by atomic mass is 19.1. The van der Waals surface area contributed by atoms with E-state index in [1.54, 1.807) is 0 Å². The van der Waals surface area contributed by atoms with Crippen LogP contribution in [0.1, 0.15) is 37.7 Å². The van der Waals surface area contributed by atoms with E-state index in [9.17, 15) is 14.6 Å². The third-order valence-corrected chi connectivity index (χ3v) is 3.14. The van der Waals surface area contributed by atoms with E-state index in [2.05, 4.69) is 0 Å². The molecule has 0 unspecified atom stereocenters. The number of aromatic hydroxyl groups is 1. The molecule has 82 valence electrons. The average Bonchev–Trinajstić information content (AvgIpc) is 2.18. The molecule has 0 bridgehead atoms. The minimum Gasteiger partial charge on any atom is -0.507 e. The van der Waals surface area contributed by atoms with Crippen molar-refractivity contribution in [3.05, 3.63) is 29.6 Å². The minimum atomic E-state index is -1.17. The molecule has 0 heterocycles. The number of halogens is 1. The topological polar surface area (TPSA) is 40.5 Å². The van der Waals surface area contributed by atoms with Gasteiger partial charge in [0.2, 0.25) is 0 Å². The van der Waals surface area contributed by atoms with E-state index in [-0.39, 0.29) is 11.3 Å². The molecular formula is C12H15FO2. The quantitative estimate of drug-likeness (QED) is 0.748. The van der Waals surface area contributed by atoms with Gasteiger partial charge >= 0.3 is 0 Å². The lowest BCUT2D eigenvalue weighted by molar-refractivity contribution is -0.00571. The SMILES string of the molecule is Oc1cccc(F)c1C1(O)CCCCC1. The number of aliphatic hydroxyl groups is 1. The summed E-state index contributed by atoms with van der Waals surface area (Å²) in [6, 6.07) is 4.15. The van der Waals surface area contributed by atoms with E-state index in [1.807, 2.05) is 0 Å². The molecule has 1 aliphatic rings. The van der Waals surface area contributed by atoms with Crippen LogP contribution in [0, 0.1) is 5.82 Å². The first-order valence-corrected chi connectivity index (χ1v) is 5.34. The molecule has 15 heavy (non-hydrogen) atoms. The molecule has 1 aliphatic carbocycles. The molecular weight excluding hydrogens is 195 g/mol. The van der Waals surface area contributed by atoms with Crippen LogP contribution >= 0.6 is 0 Å². The highest BCUT2D eigenvalue weighted by Crippen LogP contribution is 2.41. The fourth-order valence-electron chi connectivity index (χ4n) is 2.36. The standard InChI is InChI=1S/C12H15FO2/c13-9-5-4-6-10(14)11(9)12(15)7-2-1-3-8-12/h4-6,14-15H,1-3,7-8H2. The van der Waals surface area contributed by atoms with E-state index in [0.717, 1.165) is 19.3 Å². The molecule has 0 aromatic heterocycles. The number of hydrogen-bond acceptors (Lipinski definition) is 2. The summed E-state index contributed by atoms with van der Waals surface area (Å²) in [4.78, 5) is 0. The molecule has 1 fully saturated rings. The van der Waals surface area contributed by atoms with Crippen molar-refractivity contribution in [3.8, 4) is 5.75 Å². The van der Waals surface area contributed by atoms with Gasteiger partial charge in [-0.2, -0.15) is 0 Å². The zero-order valence-electron chi connectivity index (χ0n) is 8.54. The van der Waals surface area contributed by atoms with Crippen molar-refractivity contribution in [1.82, 2.24) is 0 Å². The predicted octanol–water partition coefficient (Wildman–Crippen LogP) is 2.68. The van der Waals surface area contributed by atoms with Crippen molar-refractivity contribution in [1.29, 1.82) is 0 Å². The van der Waals surface area contributed by atoms with Gasteiger partial charge in [-0.1, -0.05) is 25.3 Å². The van der Waals surface area contributed by atoms with Crippen LogP contribution in [-0.2, 0) is 5.60 Å². The molecule has 0 aliphatic heterocycles. The molecule has 0 amide bonds. The second-order valence-corrected chi connectivity index (χ2v) is 4.23. The van der Waals surface area contributed by atoms with Crippen molar-refractivity contribution >= 4 is 0 Å². The molecule has 2 nitrogen and oxygen atoms in total. The Hall–Kier alpha value is -1.09. The maximum Gasteiger partial charge on any atom is 0.133 e. The molecule has 0 spiro atoms. The third kappa shape index (κ3) is 1.84. The van der Waals surface area contributed by atoms with Crippen molar-refractivity contribution in [2.45, 2.75) is 37.7 Å². The van der Waals surface area contributed by atoms with E-state index in [4.69, 9.17) is 0 Å². The van der Waals surface area contributed by atoms with Crippen molar-refractivity contribution < 1.29 is 14.6 Å². The summed E-state index contributed by atoms with van der Waals surface area (Å²) in [7, 11) is 0. The van der Waals surface area contributed by atoms with Crippen LogP contribution in [0.5, 0.6) is 5.75 Å². The van der Waals surface area contributed by atoms with E-state index >= 15 is 0 Å². The van der Waals surface area contributed by atoms with Gasteiger partial charge in [-0.3, -0.25) is 0 Å². The second-order valence-electron chi connectivity index (χ2n) is 4.23. The van der Waals surface area contributed by atoms with Gasteiger partial charge in [0.1, 0.15) is 11.6 Å². The third-order valence-electron chi connectivity index (χ3n) is 3.14. The molecule has 2 rings (SSSR count). The lowest BCUT2D eigenvalue weighted by atomic mass is 9.79. The smallest absolute Gasteiger partial charge is 0.133 e. The minimum absolute atomic E-state index is 0.0738. The number of hydrogen-bond donors (Lipinski definition) is 2. The first-order chi connectivity index (χ1) is 7.13. The predicted molar refractivity (Wildman–Crippen MR) is 55.0 cm³/mol. The molecule has 1 saturated carbocycles. The zero-order chi connectivity index (χ0) is 10.9. The van der Waals surface area contributed by atoms with Gasteiger partial charge in [0, 0.05) is 0 Å². The summed E-state index contributed by atoms with van der Waals surface area (Å²) in [5.74, 6) is -0.654. The van der Waals surface area contributed by atoms with Gasteiger partial charge < -0.3 is 10.2 Å². The summed E-state index contributed by atoms with van der Waals surface area (Å²) in [6.45, 7) is 0. The molecule has 3 heteroatoms. The molecule has 1 aromatic rings. The number of phenolic OH excluding ortho intramolecular Hbond substituents is 1.